The summed E-state index contributed by atoms with van der Waals surface area (Å²) in [6, 6.07) is 0.109. The van der Waals surface area contributed by atoms with Crippen molar-refractivity contribution in [2.24, 2.45) is 5.92 Å². The van der Waals surface area contributed by atoms with Gasteiger partial charge in [-0.2, -0.15) is 4.98 Å². The average molecular weight is 253 g/mol. The molecule has 1 rings (SSSR count). The van der Waals surface area contributed by atoms with Gasteiger partial charge in [0.2, 0.25) is 11.8 Å². The summed E-state index contributed by atoms with van der Waals surface area (Å²) in [7, 11) is 1.78. The van der Waals surface area contributed by atoms with Gasteiger partial charge in [-0.05, 0) is 19.8 Å². The predicted molar refractivity (Wildman–Crippen MR) is 70.5 cm³/mol. The highest BCUT2D eigenvalue weighted by molar-refractivity contribution is 5.62. The maximum absolute atomic E-state index is 11.1. The fourth-order valence-corrected chi connectivity index (χ4v) is 1.67. The minimum Gasteiger partial charge on any atom is -0.368 e. The van der Waals surface area contributed by atoms with Crippen molar-refractivity contribution in [3.05, 3.63) is 15.8 Å². The normalized spacial score (nSPS) is 12.6. The summed E-state index contributed by atoms with van der Waals surface area (Å²) in [5.41, 5.74) is 5.77. The summed E-state index contributed by atoms with van der Waals surface area (Å²) in [6.45, 7) is 7.64. The molecule has 0 aliphatic carbocycles. The lowest BCUT2D eigenvalue weighted by Crippen LogP contribution is -2.34. The quantitative estimate of drug-likeness (QED) is 0.648. The lowest BCUT2D eigenvalue weighted by atomic mass is 10.1. The van der Waals surface area contributed by atoms with Crippen molar-refractivity contribution in [3.8, 4) is 0 Å². The van der Waals surface area contributed by atoms with Crippen LogP contribution in [0.5, 0.6) is 0 Å². The second kappa shape index (κ2) is 5.16. The molecule has 0 saturated carbocycles. The molecule has 18 heavy (non-hydrogen) atoms. The van der Waals surface area contributed by atoms with E-state index in [0.717, 1.165) is 0 Å². The van der Waals surface area contributed by atoms with Gasteiger partial charge in [-0.3, -0.25) is 10.1 Å². The second-order valence-corrected chi connectivity index (χ2v) is 4.69. The zero-order valence-electron chi connectivity index (χ0n) is 11.3. The van der Waals surface area contributed by atoms with Gasteiger partial charge in [-0.1, -0.05) is 13.8 Å². The molecule has 7 nitrogen and oxygen atoms in total. The fourth-order valence-electron chi connectivity index (χ4n) is 1.67. The minimum absolute atomic E-state index is 0.0518. The molecule has 1 heterocycles. The van der Waals surface area contributed by atoms with Crippen LogP contribution in [0.25, 0.3) is 0 Å². The summed E-state index contributed by atoms with van der Waals surface area (Å²) in [5, 5.41) is 11.1. The molecule has 1 aromatic rings. The molecule has 0 spiro atoms. The monoisotopic (exact) mass is 253 g/mol. The molecule has 0 aliphatic heterocycles. The van der Waals surface area contributed by atoms with Gasteiger partial charge in [-0.15, -0.1) is 0 Å². The first-order valence-corrected chi connectivity index (χ1v) is 5.77. The molecule has 0 fully saturated rings. The molecule has 0 saturated heterocycles. The number of hydrogen-bond donors (Lipinski definition) is 1. The zero-order chi connectivity index (χ0) is 14.0. The maximum atomic E-state index is 11.1. The van der Waals surface area contributed by atoms with Crippen LogP contribution in [0.2, 0.25) is 0 Å². The third-order valence-electron chi connectivity index (χ3n) is 3.15. The Morgan fingerprint density at radius 3 is 2.33 bits per heavy atom. The molecule has 100 valence electrons. The number of rotatable bonds is 4. The first-order chi connectivity index (χ1) is 8.25. The van der Waals surface area contributed by atoms with Crippen LogP contribution in [-0.4, -0.2) is 28.0 Å². The third-order valence-corrected chi connectivity index (χ3v) is 3.15. The standard InChI is InChI=1S/C11H19N5O2/c1-6(2)8(4)15(5)10-9(16(17)18)7(3)13-11(12)14-10/h6,8H,1-5H3,(H2,12,13,14). The zero-order valence-corrected chi connectivity index (χ0v) is 11.3. The molecular weight excluding hydrogens is 234 g/mol. The third kappa shape index (κ3) is 2.66. The summed E-state index contributed by atoms with van der Waals surface area (Å²) < 4.78 is 0. The van der Waals surface area contributed by atoms with Crippen molar-refractivity contribution in [1.29, 1.82) is 0 Å². The smallest absolute Gasteiger partial charge is 0.332 e. The SMILES string of the molecule is Cc1nc(N)nc(N(C)C(C)C(C)C)c1[N+](=O)[O-]. The largest absolute Gasteiger partial charge is 0.368 e. The Morgan fingerprint density at radius 2 is 1.89 bits per heavy atom. The molecule has 1 unspecified atom stereocenters. The number of nitrogens with two attached hydrogens (primary N) is 1. The van der Waals surface area contributed by atoms with Gasteiger partial charge in [0.15, 0.2) is 0 Å². The van der Waals surface area contributed by atoms with Crippen LogP contribution in [0.15, 0.2) is 0 Å². The molecule has 1 atom stereocenters. The van der Waals surface area contributed by atoms with Crippen LogP contribution in [-0.2, 0) is 0 Å². The van der Waals surface area contributed by atoms with Crippen LogP contribution in [0.3, 0.4) is 0 Å². The molecule has 2 N–H and O–H groups in total. The Balaban J connectivity index is 3.34. The highest BCUT2D eigenvalue weighted by Crippen LogP contribution is 2.30. The molecule has 0 bridgehead atoms. The van der Waals surface area contributed by atoms with Crippen molar-refractivity contribution in [2.75, 3.05) is 17.7 Å². The van der Waals surface area contributed by atoms with E-state index in [0.29, 0.717) is 5.92 Å². The molecule has 0 aromatic carbocycles. The van der Waals surface area contributed by atoms with Gasteiger partial charge in [0.1, 0.15) is 5.69 Å². The number of hydrogen-bond acceptors (Lipinski definition) is 6. The number of aromatic nitrogens is 2. The topological polar surface area (TPSA) is 98.2 Å². The van der Waals surface area contributed by atoms with E-state index in [-0.39, 0.29) is 29.2 Å². The molecule has 1 aromatic heterocycles. The second-order valence-electron chi connectivity index (χ2n) is 4.69. The van der Waals surface area contributed by atoms with Crippen molar-refractivity contribution in [2.45, 2.75) is 33.7 Å². The summed E-state index contributed by atoms with van der Waals surface area (Å²) >= 11 is 0. The highest BCUT2D eigenvalue weighted by Gasteiger charge is 2.27. The predicted octanol–water partition coefficient (Wildman–Crippen LogP) is 1.76. The van der Waals surface area contributed by atoms with E-state index >= 15 is 0 Å². The first kappa shape index (κ1) is 14.1. The molecule has 0 amide bonds. The van der Waals surface area contributed by atoms with Crippen LogP contribution < -0.4 is 10.6 Å². The minimum atomic E-state index is -0.465. The summed E-state index contributed by atoms with van der Waals surface area (Å²) in [4.78, 5) is 20.3. The molecule has 0 radical (unpaired) electrons. The Bertz CT molecular complexity index is 461. The summed E-state index contributed by atoms with van der Waals surface area (Å²) in [5.74, 6) is 0.660. The van der Waals surface area contributed by atoms with Crippen molar-refractivity contribution >= 4 is 17.5 Å². The molecule has 0 aliphatic rings. The number of nitrogens with zero attached hydrogens (tertiary/aromatic N) is 4. The van der Waals surface area contributed by atoms with E-state index in [9.17, 15) is 10.1 Å². The average Bonchev–Trinajstić information content (AvgIpc) is 2.24. The Hall–Kier alpha value is -1.92. The number of aryl methyl sites for hydroxylation is 1. The van der Waals surface area contributed by atoms with Gasteiger partial charge in [-0.25, -0.2) is 4.98 Å². The van der Waals surface area contributed by atoms with E-state index in [1.807, 2.05) is 20.8 Å². The van der Waals surface area contributed by atoms with Crippen LogP contribution in [0.4, 0.5) is 17.5 Å². The molecule has 7 heteroatoms. The van der Waals surface area contributed by atoms with Crippen molar-refractivity contribution in [1.82, 2.24) is 9.97 Å². The van der Waals surface area contributed by atoms with Crippen molar-refractivity contribution in [3.63, 3.8) is 0 Å². The van der Waals surface area contributed by atoms with Gasteiger partial charge in [0, 0.05) is 13.1 Å². The highest BCUT2D eigenvalue weighted by atomic mass is 16.6. The van der Waals surface area contributed by atoms with E-state index in [1.165, 1.54) is 0 Å². The van der Waals surface area contributed by atoms with Crippen LogP contribution >= 0.6 is 0 Å². The lowest BCUT2D eigenvalue weighted by Gasteiger charge is -2.28. The Kier molecular flexibility index (Phi) is 4.05. The number of nitro groups is 1. The van der Waals surface area contributed by atoms with Gasteiger partial charge < -0.3 is 10.6 Å². The number of anilines is 2. The summed E-state index contributed by atoms with van der Waals surface area (Å²) in [6.07, 6.45) is 0. The van der Waals surface area contributed by atoms with Crippen LogP contribution in [0.1, 0.15) is 26.5 Å². The van der Waals surface area contributed by atoms with E-state index in [2.05, 4.69) is 9.97 Å². The van der Waals surface area contributed by atoms with Gasteiger partial charge >= 0.3 is 5.69 Å². The number of nitrogen functional groups attached to an aromatic ring is 1. The fraction of sp³-hybridized carbons (Fsp3) is 0.636. The van der Waals surface area contributed by atoms with E-state index in [1.54, 1.807) is 18.9 Å². The van der Waals surface area contributed by atoms with E-state index < -0.39 is 4.92 Å². The van der Waals surface area contributed by atoms with E-state index in [4.69, 9.17) is 5.73 Å². The van der Waals surface area contributed by atoms with Gasteiger partial charge in [0.05, 0.1) is 4.92 Å². The first-order valence-electron chi connectivity index (χ1n) is 5.77. The maximum Gasteiger partial charge on any atom is 0.332 e. The van der Waals surface area contributed by atoms with Crippen LogP contribution in [0, 0.1) is 23.0 Å². The Morgan fingerprint density at radius 1 is 1.33 bits per heavy atom. The lowest BCUT2D eigenvalue weighted by molar-refractivity contribution is -0.385. The molecular formula is C11H19N5O2. The van der Waals surface area contributed by atoms with Crippen molar-refractivity contribution < 1.29 is 4.92 Å². The Labute approximate surface area is 106 Å². The van der Waals surface area contributed by atoms with Gasteiger partial charge in [0.25, 0.3) is 0 Å².